The van der Waals surface area contributed by atoms with Crippen LogP contribution in [-0.2, 0) is 87.9 Å². The maximum absolute atomic E-state index is 14.4. The third-order valence-corrected chi connectivity index (χ3v) is 16.4. The van der Waals surface area contributed by atoms with Gasteiger partial charge in [-0.05, 0) is 101 Å². The monoisotopic (exact) mass is 1590 g/mol. The number of phenolic OH excluding ortho intramolecular Hbond substituents is 1. The molecular formula is C66H109N23O23. The van der Waals surface area contributed by atoms with Gasteiger partial charge in [-0.3, -0.25) is 96.5 Å². The lowest BCUT2D eigenvalue weighted by Gasteiger charge is -2.30. The number of hydrogen-bond acceptors (Lipinski definition) is 23. The van der Waals surface area contributed by atoms with E-state index in [9.17, 15) is 107 Å². The molecule has 46 nitrogen and oxygen atoms in total. The molecular weight excluding hydrogens is 1480 g/mol. The number of carboxylic acid groups (broad SMARTS) is 4. The van der Waals surface area contributed by atoms with E-state index in [0.717, 1.165) is 13.8 Å². The fraction of sp³-hybridized carbons (Fsp3) is 0.606. The first kappa shape index (κ1) is 97.8. The van der Waals surface area contributed by atoms with Crippen LogP contribution in [0.15, 0.2) is 39.2 Å². The van der Waals surface area contributed by atoms with Crippen molar-refractivity contribution in [1.82, 2.24) is 63.8 Å². The fourth-order valence-corrected chi connectivity index (χ4v) is 10.3. The number of carbonyl (C=O) groups excluding carboxylic acids is 13. The van der Waals surface area contributed by atoms with E-state index in [0.29, 0.717) is 0 Å². The number of benzene rings is 1. The molecule has 0 radical (unpaired) electrons. The van der Waals surface area contributed by atoms with Crippen LogP contribution in [0, 0.1) is 11.8 Å². The number of phenols is 1. The second kappa shape index (κ2) is 50.4. The molecule has 0 heterocycles. The highest BCUT2D eigenvalue weighted by atomic mass is 16.4. The average molecular weight is 1590 g/mol. The number of carboxylic acids is 4. The van der Waals surface area contributed by atoms with Crippen LogP contribution in [0.5, 0.6) is 5.75 Å². The Labute approximate surface area is 643 Å². The highest BCUT2D eigenvalue weighted by molar-refractivity contribution is 6.01. The van der Waals surface area contributed by atoms with Gasteiger partial charge in [0, 0.05) is 38.9 Å². The summed E-state index contributed by atoms with van der Waals surface area (Å²) in [5.74, 6) is -23.9. The number of nitrogens with two attached hydrogens (primary N) is 8. The smallest absolute Gasteiger partial charge is 0.322 e. The van der Waals surface area contributed by atoms with E-state index in [1.807, 2.05) is 5.32 Å². The van der Waals surface area contributed by atoms with Gasteiger partial charge in [-0.15, -0.1) is 0 Å². The second-order valence-corrected chi connectivity index (χ2v) is 26.5. The van der Waals surface area contributed by atoms with Gasteiger partial charge in [-0.2, -0.15) is 0 Å². The van der Waals surface area contributed by atoms with Crippen molar-refractivity contribution < 1.29 is 112 Å². The van der Waals surface area contributed by atoms with Gasteiger partial charge in [0.05, 0.1) is 25.0 Å². The lowest BCUT2D eigenvalue weighted by molar-refractivity contribution is -0.142. The summed E-state index contributed by atoms with van der Waals surface area (Å²) >= 11 is 0. The number of aliphatic hydroxyl groups is 1. The lowest BCUT2D eigenvalue weighted by atomic mass is 9.96. The predicted octanol–water partition coefficient (Wildman–Crippen LogP) is -9.47. The van der Waals surface area contributed by atoms with Crippen LogP contribution in [0.2, 0.25) is 0 Å². The average Bonchev–Trinajstić information content (AvgIpc) is 0.845. The van der Waals surface area contributed by atoms with Crippen molar-refractivity contribution in [2.75, 3.05) is 26.2 Å². The van der Waals surface area contributed by atoms with Gasteiger partial charge in [-0.25, -0.2) is 0 Å². The summed E-state index contributed by atoms with van der Waals surface area (Å²) in [4.78, 5) is 240. The van der Waals surface area contributed by atoms with Gasteiger partial charge in [0.25, 0.3) is 0 Å². The molecule has 626 valence electrons. The number of primary amides is 1. The molecule has 0 aromatic heterocycles. The topological polar surface area (TPSA) is 801 Å². The van der Waals surface area contributed by atoms with E-state index in [4.69, 9.17) is 51.0 Å². The van der Waals surface area contributed by atoms with Crippen molar-refractivity contribution in [3.8, 4) is 5.75 Å². The molecule has 112 heavy (non-hydrogen) atoms. The van der Waals surface area contributed by atoms with E-state index >= 15 is 0 Å². The highest BCUT2D eigenvalue weighted by Gasteiger charge is 2.39. The van der Waals surface area contributed by atoms with Crippen molar-refractivity contribution in [2.45, 2.75) is 216 Å². The number of carbonyl (C=O) groups is 17. The molecule has 14 unspecified atom stereocenters. The first-order chi connectivity index (χ1) is 52.3. The number of guanidine groups is 3. The van der Waals surface area contributed by atoms with Crippen molar-refractivity contribution in [1.29, 1.82) is 0 Å². The number of amides is 13. The molecule has 34 N–H and O–H groups in total. The molecule has 1 aromatic rings. The minimum Gasteiger partial charge on any atom is -0.508 e. The Morgan fingerprint density at radius 3 is 1.21 bits per heavy atom. The largest absolute Gasteiger partial charge is 0.508 e. The van der Waals surface area contributed by atoms with E-state index in [1.165, 1.54) is 31.2 Å². The number of rotatable bonds is 54. The number of aromatic hydroxyl groups is 1. The van der Waals surface area contributed by atoms with E-state index < -0.39 is 237 Å². The summed E-state index contributed by atoms with van der Waals surface area (Å²) in [6.07, 6.45) is -7.79. The zero-order valence-corrected chi connectivity index (χ0v) is 63.0. The van der Waals surface area contributed by atoms with Crippen molar-refractivity contribution in [2.24, 2.45) is 72.7 Å². The second-order valence-electron chi connectivity index (χ2n) is 26.5. The number of aliphatic hydroxyl groups excluding tert-OH is 1. The Balaban J connectivity index is 3.74. The zero-order valence-electron chi connectivity index (χ0n) is 63.0. The summed E-state index contributed by atoms with van der Waals surface area (Å²) < 4.78 is 0. The van der Waals surface area contributed by atoms with E-state index in [-0.39, 0.29) is 106 Å². The third kappa shape index (κ3) is 39.7. The summed E-state index contributed by atoms with van der Waals surface area (Å²) in [7, 11) is 0. The Hall–Kier alpha value is -12.3. The number of nitrogens with zero attached hydrogens (tertiary/aromatic N) is 3. The quantitative estimate of drug-likeness (QED) is 0.0164. The van der Waals surface area contributed by atoms with E-state index in [2.05, 4.69) is 73.5 Å². The van der Waals surface area contributed by atoms with Crippen LogP contribution in [0.4, 0.5) is 0 Å². The van der Waals surface area contributed by atoms with Crippen LogP contribution in [0.25, 0.3) is 0 Å². The first-order valence-corrected chi connectivity index (χ1v) is 35.5. The molecule has 13 amide bonds. The zero-order chi connectivity index (χ0) is 85.2. The molecule has 0 saturated heterocycles. The molecule has 1 rings (SSSR count). The maximum Gasteiger partial charge on any atom is 0.322 e. The number of nitrogens with one attached hydrogen (secondary N) is 12. The SMILES string of the molecule is CCC(C)C(NC(=O)C(CC(C)C)NC(=O)C(CCCN=C(N)N)NC(=O)C(N)CCCN=C(N)N)C(=O)NC(CCC(=O)O)C(=O)NC(CC(=O)O)C(=O)NC(CC(N)=O)C(=O)NC(CCC(=O)O)C(=O)NC(Cc1ccc(O)cc1)C(=O)NC(C(=O)NC(C)C(=O)NC(CCCN=C(N)N)C(=O)NCC(=O)O)C(C)O. The molecule has 0 bridgehead atoms. The van der Waals surface area contributed by atoms with Crippen LogP contribution < -0.4 is 110 Å². The third-order valence-electron chi connectivity index (χ3n) is 16.4. The molecule has 0 saturated carbocycles. The van der Waals surface area contributed by atoms with Crippen LogP contribution in [-0.4, -0.2) is 254 Å². The van der Waals surface area contributed by atoms with Gasteiger partial charge in [0.15, 0.2) is 17.9 Å². The van der Waals surface area contributed by atoms with Gasteiger partial charge in [0.2, 0.25) is 76.8 Å². The summed E-state index contributed by atoms with van der Waals surface area (Å²) in [5.41, 5.74) is 44.2. The molecule has 0 fully saturated rings. The molecule has 0 aliphatic heterocycles. The normalized spacial score (nSPS) is 14.7. The number of hydrogen-bond donors (Lipinski definition) is 26. The van der Waals surface area contributed by atoms with Crippen LogP contribution in [0.3, 0.4) is 0 Å². The Bertz CT molecular complexity index is 3510. The molecule has 0 aliphatic carbocycles. The molecule has 14 atom stereocenters. The Morgan fingerprint density at radius 1 is 0.402 bits per heavy atom. The molecule has 1 aromatic carbocycles. The Morgan fingerprint density at radius 2 is 0.777 bits per heavy atom. The van der Waals surface area contributed by atoms with Gasteiger partial charge in [-0.1, -0.05) is 46.2 Å². The van der Waals surface area contributed by atoms with Crippen molar-refractivity contribution >= 4 is 119 Å². The van der Waals surface area contributed by atoms with Crippen molar-refractivity contribution in [3.05, 3.63) is 29.8 Å². The van der Waals surface area contributed by atoms with Gasteiger partial charge >= 0.3 is 23.9 Å². The minimum atomic E-state index is -2.29. The minimum absolute atomic E-state index is 0.0147. The van der Waals surface area contributed by atoms with Crippen LogP contribution >= 0.6 is 0 Å². The lowest BCUT2D eigenvalue weighted by Crippen LogP contribution is -2.62. The van der Waals surface area contributed by atoms with E-state index in [1.54, 1.807) is 20.8 Å². The fourth-order valence-electron chi connectivity index (χ4n) is 10.3. The predicted molar refractivity (Wildman–Crippen MR) is 397 cm³/mol. The maximum atomic E-state index is 14.4. The summed E-state index contributed by atoms with van der Waals surface area (Å²) in [6, 6.07) is -15.9. The molecule has 46 heteroatoms. The highest BCUT2D eigenvalue weighted by Crippen LogP contribution is 2.16. The van der Waals surface area contributed by atoms with Gasteiger partial charge in [0.1, 0.15) is 78.8 Å². The van der Waals surface area contributed by atoms with Crippen LogP contribution in [0.1, 0.15) is 137 Å². The van der Waals surface area contributed by atoms with Crippen molar-refractivity contribution in [3.63, 3.8) is 0 Å². The molecule has 0 aliphatic rings. The summed E-state index contributed by atoms with van der Waals surface area (Å²) in [6.45, 7) is 8.02. The number of aliphatic carboxylic acids is 4. The standard InChI is InChI=1S/C66H109N23O23/c1-7-31(4)50(88-60(109)41(25-30(2)3)84-55(104)38(13-10-24-77-66(73)74)81-53(102)36(67)11-8-22-75-64(69)70)62(111)83-40(19-21-47(95)96)57(106)87-44(28-48(97)98)59(108)86-43(27-45(68)92)58(107)82-39(18-20-46(93)94)56(105)85-42(26-34-14-16-35(91)17-15-34)61(110)89-51(33(6)90)63(112)79-32(5)52(101)80-37(12-9-23-76-65(71)72)54(103)78-29-49(99)100/h14-17,30-33,36-44,50-51,90-91H,7-13,18-29,67H2,1-6H3,(H2,68,92)(H,78,103)(H,79,112)(H,80,101)(H,81,102)(H,82,107)(H,83,111)(H,84,104)(H,85,105)(H,86,108)(H,87,106)(H,88,109)(H,89,110)(H,93,94)(H,95,96)(H,97,98)(H,99,100)(H4,69,70,75)(H4,71,72,76)(H4,73,74,77). The molecule has 0 spiro atoms. The summed E-state index contributed by atoms with van der Waals surface area (Å²) in [5, 5.41) is 87.1. The Kier molecular flexibility index (Phi) is 44.0. The van der Waals surface area contributed by atoms with Gasteiger partial charge < -0.3 is 140 Å². The number of aliphatic imine (C=N–C) groups is 3. The first-order valence-electron chi connectivity index (χ1n) is 35.5.